The van der Waals surface area contributed by atoms with Gasteiger partial charge in [0.1, 0.15) is 0 Å². The Balaban J connectivity index is 0.956. The van der Waals surface area contributed by atoms with E-state index in [0.29, 0.717) is 0 Å². The molecule has 0 bridgehead atoms. The van der Waals surface area contributed by atoms with Crippen molar-refractivity contribution in [1.29, 1.82) is 0 Å². The van der Waals surface area contributed by atoms with Crippen LogP contribution in [0.25, 0.3) is 66.1 Å². The molecule has 0 unspecified atom stereocenters. The minimum atomic E-state index is -0.445. The van der Waals surface area contributed by atoms with Gasteiger partial charge in [0, 0.05) is 17.1 Å². The molecule has 0 aromatic heterocycles. The quantitative estimate of drug-likeness (QED) is 0.148. The van der Waals surface area contributed by atoms with Crippen molar-refractivity contribution < 1.29 is 0 Å². The molecule has 300 valence electrons. The van der Waals surface area contributed by atoms with Crippen LogP contribution in [0.1, 0.15) is 22.3 Å². The standard InChI is InChI=1S/C63H43N/c1-3-20-53(21-4-1)63(54-22-5-2-6-23-54)60-27-12-11-25-59(60)62-58(26-14-28-61(62)63)48-36-38-55(39-37-48)64(57-40-35-45-16-8-10-18-50(45)43-57)56-24-13-19-51(42-56)46-29-31-47(32-30-46)52-34-33-44-15-7-9-17-49(44)41-52/h1-43H. The molecule has 0 fully saturated rings. The summed E-state index contributed by atoms with van der Waals surface area (Å²) >= 11 is 0. The van der Waals surface area contributed by atoms with E-state index in [0.717, 1.165) is 17.1 Å². The number of hydrogen-bond donors (Lipinski definition) is 0. The van der Waals surface area contributed by atoms with Gasteiger partial charge in [0.05, 0.1) is 5.41 Å². The highest BCUT2D eigenvalue weighted by Crippen LogP contribution is 2.58. The summed E-state index contributed by atoms with van der Waals surface area (Å²) in [4.78, 5) is 2.39. The third-order valence-corrected chi connectivity index (χ3v) is 13.3. The number of rotatable bonds is 8. The molecule has 0 spiro atoms. The SMILES string of the molecule is c1ccc(C2(c3ccccc3)c3ccccc3-c3c(-c4ccc(N(c5cccc(-c6ccc(-c7ccc8ccccc8c7)cc6)c5)c5ccc6ccccc6c5)cc4)cccc32)cc1. The summed E-state index contributed by atoms with van der Waals surface area (Å²) in [5.41, 5.74) is 17.8. The van der Waals surface area contributed by atoms with Gasteiger partial charge in [-0.3, -0.25) is 0 Å². The van der Waals surface area contributed by atoms with Crippen LogP contribution in [0.4, 0.5) is 17.1 Å². The molecule has 1 aliphatic carbocycles. The van der Waals surface area contributed by atoms with Gasteiger partial charge < -0.3 is 4.90 Å². The Bertz CT molecular complexity index is 3440. The lowest BCUT2D eigenvalue weighted by Gasteiger charge is -2.34. The largest absolute Gasteiger partial charge is 0.310 e. The first-order valence-corrected chi connectivity index (χ1v) is 22.2. The Morgan fingerprint density at radius 1 is 0.250 bits per heavy atom. The van der Waals surface area contributed by atoms with E-state index in [1.807, 2.05) is 0 Å². The van der Waals surface area contributed by atoms with E-state index in [-0.39, 0.29) is 0 Å². The monoisotopic (exact) mass is 813 g/mol. The smallest absolute Gasteiger partial charge is 0.0713 e. The molecule has 0 amide bonds. The second-order valence-corrected chi connectivity index (χ2v) is 16.9. The lowest BCUT2D eigenvalue weighted by molar-refractivity contribution is 0.768. The van der Waals surface area contributed by atoms with Crippen LogP contribution in [0.2, 0.25) is 0 Å². The van der Waals surface area contributed by atoms with Crippen molar-refractivity contribution in [2.45, 2.75) is 5.41 Å². The average molecular weight is 814 g/mol. The summed E-state index contributed by atoms with van der Waals surface area (Å²) in [5, 5.41) is 4.95. The van der Waals surface area contributed by atoms with Gasteiger partial charge in [0.25, 0.3) is 0 Å². The Morgan fingerprint density at radius 2 is 0.719 bits per heavy atom. The highest BCUT2D eigenvalue weighted by Gasteiger charge is 2.46. The third-order valence-electron chi connectivity index (χ3n) is 13.3. The summed E-state index contributed by atoms with van der Waals surface area (Å²) in [5.74, 6) is 0. The molecule has 0 saturated heterocycles. The molecular formula is C63H43N. The number of hydrogen-bond acceptors (Lipinski definition) is 1. The van der Waals surface area contributed by atoms with Crippen LogP contribution in [0.5, 0.6) is 0 Å². The molecule has 12 rings (SSSR count). The van der Waals surface area contributed by atoms with E-state index < -0.39 is 5.41 Å². The first-order valence-electron chi connectivity index (χ1n) is 22.2. The fraction of sp³-hybridized carbons (Fsp3) is 0.0159. The molecule has 0 aliphatic heterocycles. The molecule has 11 aromatic carbocycles. The minimum absolute atomic E-state index is 0.445. The molecule has 64 heavy (non-hydrogen) atoms. The molecular weight excluding hydrogens is 771 g/mol. The van der Waals surface area contributed by atoms with E-state index in [1.54, 1.807) is 0 Å². The summed E-state index contributed by atoms with van der Waals surface area (Å²) in [7, 11) is 0. The average Bonchev–Trinajstić information content (AvgIpc) is 3.68. The van der Waals surface area contributed by atoms with Crippen molar-refractivity contribution >= 4 is 38.6 Å². The molecule has 0 saturated carbocycles. The van der Waals surface area contributed by atoms with E-state index in [4.69, 9.17) is 0 Å². The molecule has 0 N–H and O–H groups in total. The van der Waals surface area contributed by atoms with E-state index in [9.17, 15) is 0 Å². The first-order chi connectivity index (χ1) is 31.7. The Hall–Kier alpha value is -8.26. The van der Waals surface area contributed by atoms with Crippen LogP contribution in [-0.2, 0) is 5.41 Å². The van der Waals surface area contributed by atoms with E-state index >= 15 is 0 Å². The van der Waals surface area contributed by atoms with Gasteiger partial charge in [0.2, 0.25) is 0 Å². The zero-order valence-electron chi connectivity index (χ0n) is 35.3. The summed E-state index contributed by atoms with van der Waals surface area (Å²) in [6, 6.07) is 95.8. The van der Waals surface area contributed by atoms with Gasteiger partial charge in [-0.05, 0) is 131 Å². The normalized spacial score (nSPS) is 12.5. The lowest BCUT2D eigenvalue weighted by atomic mass is 9.67. The van der Waals surface area contributed by atoms with Crippen molar-refractivity contribution in [2.75, 3.05) is 4.90 Å². The second kappa shape index (κ2) is 15.6. The second-order valence-electron chi connectivity index (χ2n) is 16.9. The van der Waals surface area contributed by atoms with Crippen LogP contribution in [-0.4, -0.2) is 0 Å². The zero-order chi connectivity index (χ0) is 42.5. The highest BCUT2D eigenvalue weighted by molar-refractivity contribution is 5.96. The number of fused-ring (bicyclic) bond motifs is 5. The van der Waals surface area contributed by atoms with Gasteiger partial charge >= 0.3 is 0 Å². The minimum Gasteiger partial charge on any atom is -0.310 e. The maximum Gasteiger partial charge on any atom is 0.0713 e. The third kappa shape index (κ3) is 6.24. The van der Waals surface area contributed by atoms with Crippen molar-refractivity contribution in [3.05, 3.63) is 283 Å². The highest BCUT2D eigenvalue weighted by atomic mass is 15.1. The van der Waals surface area contributed by atoms with Crippen molar-refractivity contribution in [1.82, 2.24) is 0 Å². The Kier molecular flexibility index (Phi) is 9.13. The first kappa shape index (κ1) is 37.5. The predicted octanol–water partition coefficient (Wildman–Crippen LogP) is 16.8. The maximum atomic E-state index is 2.39. The van der Waals surface area contributed by atoms with Crippen molar-refractivity contribution in [3.63, 3.8) is 0 Å². The predicted molar refractivity (Wildman–Crippen MR) is 270 cm³/mol. The van der Waals surface area contributed by atoms with E-state index in [2.05, 4.69) is 266 Å². The fourth-order valence-corrected chi connectivity index (χ4v) is 10.3. The van der Waals surface area contributed by atoms with Gasteiger partial charge in [0.15, 0.2) is 0 Å². The van der Waals surface area contributed by atoms with Crippen LogP contribution >= 0.6 is 0 Å². The number of nitrogens with zero attached hydrogens (tertiary/aromatic N) is 1. The molecule has 0 heterocycles. The fourth-order valence-electron chi connectivity index (χ4n) is 10.3. The summed E-state index contributed by atoms with van der Waals surface area (Å²) < 4.78 is 0. The zero-order valence-corrected chi connectivity index (χ0v) is 35.3. The number of benzene rings is 11. The lowest BCUT2D eigenvalue weighted by Crippen LogP contribution is -2.28. The van der Waals surface area contributed by atoms with Crippen LogP contribution in [0.3, 0.4) is 0 Å². The number of anilines is 3. The molecule has 1 heteroatoms. The molecule has 11 aromatic rings. The maximum absolute atomic E-state index is 2.39. The summed E-state index contributed by atoms with van der Waals surface area (Å²) in [6.45, 7) is 0. The topological polar surface area (TPSA) is 3.24 Å². The Morgan fingerprint density at radius 3 is 1.41 bits per heavy atom. The van der Waals surface area contributed by atoms with Gasteiger partial charge in [-0.2, -0.15) is 0 Å². The molecule has 1 nitrogen and oxygen atoms in total. The van der Waals surface area contributed by atoms with Gasteiger partial charge in [-0.1, -0.05) is 218 Å². The van der Waals surface area contributed by atoms with Gasteiger partial charge in [-0.25, -0.2) is 0 Å². The van der Waals surface area contributed by atoms with Crippen LogP contribution in [0.15, 0.2) is 261 Å². The Labute approximate surface area is 374 Å². The summed E-state index contributed by atoms with van der Waals surface area (Å²) in [6.07, 6.45) is 0. The van der Waals surface area contributed by atoms with Crippen LogP contribution < -0.4 is 4.90 Å². The molecule has 1 aliphatic rings. The van der Waals surface area contributed by atoms with Crippen molar-refractivity contribution in [2.24, 2.45) is 0 Å². The van der Waals surface area contributed by atoms with Gasteiger partial charge in [-0.15, -0.1) is 0 Å². The van der Waals surface area contributed by atoms with Crippen molar-refractivity contribution in [3.8, 4) is 44.5 Å². The molecule has 0 radical (unpaired) electrons. The molecule has 0 atom stereocenters. The van der Waals surface area contributed by atoms with E-state index in [1.165, 1.54) is 88.3 Å². The van der Waals surface area contributed by atoms with Crippen LogP contribution in [0, 0.1) is 0 Å².